The SMILES string of the molecule is COc1cccc(-c2c(Br)cnn2-c2ccccc2)c1. The van der Waals surface area contributed by atoms with Crippen LogP contribution in [-0.4, -0.2) is 16.9 Å². The Morgan fingerprint density at radius 2 is 1.85 bits per heavy atom. The van der Waals surface area contributed by atoms with Crippen LogP contribution in [0.15, 0.2) is 65.3 Å². The third-order valence-corrected chi connectivity index (χ3v) is 3.65. The lowest BCUT2D eigenvalue weighted by Gasteiger charge is -2.09. The Kier molecular flexibility index (Phi) is 3.56. The molecule has 3 aromatic rings. The highest BCUT2D eigenvalue weighted by Crippen LogP contribution is 2.32. The first-order chi connectivity index (χ1) is 9.79. The fourth-order valence-electron chi connectivity index (χ4n) is 2.12. The van der Waals surface area contributed by atoms with Crippen molar-refractivity contribution in [2.24, 2.45) is 0 Å². The lowest BCUT2D eigenvalue weighted by atomic mass is 10.1. The van der Waals surface area contributed by atoms with Crippen LogP contribution in [0.3, 0.4) is 0 Å². The first-order valence-corrected chi connectivity index (χ1v) is 7.02. The highest BCUT2D eigenvalue weighted by atomic mass is 79.9. The van der Waals surface area contributed by atoms with Crippen LogP contribution < -0.4 is 4.74 Å². The summed E-state index contributed by atoms with van der Waals surface area (Å²) in [6, 6.07) is 18.0. The molecule has 0 bridgehead atoms. The summed E-state index contributed by atoms with van der Waals surface area (Å²) in [5.41, 5.74) is 3.09. The second-order valence-corrected chi connectivity index (χ2v) is 5.17. The maximum absolute atomic E-state index is 5.29. The van der Waals surface area contributed by atoms with Crippen LogP contribution >= 0.6 is 15.9 Å². The van der Waals surface area contributed by atoms with E-state index in [2.05, 4.69) is 21.0 Å². The van der Waals surface area contributed by atoms with Crippen molar-refractivity contribution in [2.75, 3.05) is 7.11 Å². The van der Waals surface area contributed by atoms with Gasteiger partial charge < -0.3 is 4.74 Å². The quantitative estimate of drug-likeness (QED) is 0.716. The van der Waals surface area contributed by atoms with E-state index in [0.29, 0.717) is 0 Å². The summed E-state index contributed by atoms with van der Waals surface area (Å²) < 4.78 is 8.16. The minimum atomic E-state index is 0.829. The largest absolute Gasteiger partial charge is 0.497 e. The van der Waals surface area contributed by atoms with Gasteiger partial charge in [0.2, 0.25) is 0 Å². The molecule has 0 amide bonds. The number of hydrogen-bond acceptors (Lipinski definition) is 2. The minimum Gasteiger partial charge on any atom is -0.497 e. The second-order valence-electron chi connectivity index (χ2n) is 4.32. The van der Waals surface area contributed by atoms with Crippen molar-refractivity contribution in [1.29, 1.82) is 0 Å². The van der Waals surface area contributed by atoms with Crippen molar-refractivity contribution in [1.82, 2.24) is 9.78 Å². The van der Waals surface area contributed by atoms with Crippen molar-refractivity contribution in [3.8, 4) is 22.7 Å². The smallest absolute Gasteiger partial charge is 0.119 e. The summed E-state index contributed by atoms with van der Waals surface area (Å²) in [6.07, 6.45) is 1.81. The van der Waals surface area contributed by atoms with Crippen LogP contribution in [0, 0.1) is 0 Å². The predicted octanol–water partition coefficient (Wildman–Crippen LogP) is 4.31. The zero-order valence-corrected chi connectivity index (χ0v) is 12.5. The number of benzene rings is 2. The molecule has 0 saturated heterocycles. The number of methoxy groups -OCH3 is 1. The normalized spacial score (nSPS) is 10.5. The average Bonchev–Trinajstić information content (AvgIpc) is 2.90. The molecular formula is C16H13BrN2O. The number of nitrogens with zero attached hydrogens (tertiary/aromatic N) is 2. The second kappa shape index (κ2) is 5.51. The van der Waals surface area contributed by atoms with Gasteiger partial charge in [0, 0.05) is 5.56 Å². The van der Waals surface area contributed by atoms with Crippen LogP contribution in [0.25, 0.3) is 16.9 Å². The Morgan fingerprint density at radius 3 is 2.60 bits per heavy atom. The van der Waals surface area contributed by atoms with E-state index in [1.165, 1.54) is 0 Å². The van der Waals surface area contributed by atoms with Crippen molar-refractivity contribution in [3.63, 3.8) is 0 Å². The van der Waals surface area contributed by atoms with Crippen molar-refractivity contribution in [2.45, 2.75) is 0 Å². The van der Waals surface area contributed by atoms with E-state index in [4.69, 9.17) is 4.74 Å². The monoisotopic (exact) mass is 328 g/mol. The molecule has 3 rings (SSSR count). The van der Waals surface area contributed by atoms with Crippen LogP contribution in [0.4, 0.5) is 0 Å². The van der Waals surface area contributed by atoms with E-state index >= 15 is 0 Å². The molecule has 4 heteroatoms. The van der Waals surface area contributed by atoms with Gasteiger partial charge in [-0.25, -0.2) is 4.68 Å². The standard InChI is InChI=1S/C16H13BrN2O/c1-20-14-9-5-6-12(10-14)16-15(17)11-18-19(16)13-7-3-2-4-8-13/h2-11H,1H3. The molecule has 0 N–H and O–H groups in total. The summed E-state index contributed by atoms with van der Waals surface area (Å²) in [6.45, 7) is 0. The Morgan fingerprint density at radius 1 is 1.05 bits per heavy atom. The zero-order chi connectivity index (χ0) is 13.9. The van der Waals surface area contributed by atoms with Crippen LogP contribution in [0.5, 0.6) is 5.75 Å². The Bertz CT molecular complexity index is 722. The molecule has 20 heavy (non-hydrogen) atoms. The van der Waals surface area contributed by atoms with Crippen LogP contribution in [0.2, 0.25) is 0 Å². The number of aromatic nitrogens is 2. The molecule has 3 nitrogen and oxygen atoms in total. The third kappa shape index (κ3) is 2.34. The van der Waals surface area contributed by atoms with Gasteiger partial charge in [0.05, 0.1) is 29.2 Å². The molecular weight excluding hydrogens is 316 g/mol. The Hall–Kier alpha value is -2.07. The van der Waals surface area contributed by atoms with E-state index in [1.807, 2.05) is 65.5 Å². The molecule has 0 aliphatic rings. The molecule has 0 atom stereocenters. The first-order valence-electron chi connectivity index (χ1n) is 6.23. The molecule has 0 unspecified atom stereocenters. The summed E-state index contributed by atoms with van der Waals surface area (Å²) in [7, 11) is 1.67. The van der Waals surface area contributed by atoms with Crippen molar-refractivity contribution < 1.29 is 4.74 Å². The van der Waals surface area contributed by atoms with E-state index < -0.39 is 0 Å². The number of hydrogen-bond donors (Lipinski definition) is 0. The third-order valence-electron chi connectivity index (χ3n) is 3.07. The summed E-state index contributed by atoms with van der Waals surface area (Å²) in [5.74, 6) is 0.829. The van der Waals surface area contributed by atoms with E-state index in [0.717, 1.165) is 27.2 Å². The minimum absolute atomic E-state index is 0.829. The van der Waals surface area contributed by atoms with E-state index in [1.54, 1.807) is 7.11 Å². The maximum Gasteiger partial charge on any atom is 0.119 e. The molecule has 100 valence electrons. The van der Waals surface area contributed by atoms with Gasteiger partial charge in [0.25, 0.3) is 0 Å². The summed E-state index contributed by atoms with van der Waals surface area (Å²) in [5, 5.41) is 4.45. The van der Waals surface area contributed by atoms with Gasteiger partial charge >= 0.3 is 0 Å². The number of halogens is 1. The van der Waals surface area contributed by atoms with Gasteiger partial charge in [-0.2, -0.15) is 5.10 Å². The number of para-hydroxylation sites is 1. The highest BCUT2D eigenvalue weighted by molar-refractivity contribution is 9.10. The lowest BCUT2D eigenvalue weighted by molar-refractivity contribution is 0.415. The summed E-state index contributed by atoms with van der Waals surface area (Å²) in [4.78, 5) is 0. The number of rotatable bonds is 3. The maximum atomic E-state index is 5.29. The Balaban J connectivity index is 2.16. The fraction of sp³-hybridized carbons (Fsp3) is 0.0625. The van der Waals surface area contributed by atoms with Gasteiger partial charge in [0.1, 0.15) is 5.75 Å². The molecule has 0 saturated carbocycles. The van der Waals surface area contributed by atoms with Gasteiger partial charge in [-0.1, -0.05) is 30.3 Å². The topological polar surface area (TPSA) is 27.1 Å². The zero-order valence-electron chi connectivity index (χ0n) is 11.0. The lowest BCUT2D eigenvalue weighted by Crippen LogP contribution is -1.98. The van der Waals surface area contributed by atoms with Gasteiger partial charge in [0.15, 0.2) is 0 Å². The molecule has 2 aromatic carbocycles. The van der Waals surface area contributed by atoms with Gasteiger partial charge in [-0.05, 0) is 40.2 Å². The van der Waals surface area contributed by atoms with E-state index in [-0.39, 0.29) is 0 Å². The Labute approximate surface area is 125 Å². The van der Waals surface area contributed by atoms with Crippen LogP contribution in [-0.2, 0) is 0 Å². The van der Waals surface area contributed by atoms with Crippen molar-refractivity contribution in [3.05, 3.63) is 65.3 Å². The molecule has 0 fully saturated rings. The molecule has 0 spiro atoms. The van der Waals surface area contributed by atoms with Crippen LogP contribution in [0.1, 0.15) is 0 Å². The molecule has 1 heterocycles. The molecule has 0 aliphatic carbocycles. The van der Waals surface area contributed by atoms with Crippen molar-refractivity contribution >= 4 is 15.9 Å². The summed E-state index contributed by atoms with van der Waals surface area (Å²) >= 11 is 3.57. The van der Waals surface area contributed by atoms with Gasteiger partial charge in [-0.15, -0.1) is 0 Å². The van der Waals surface area contributed by atoms with Gasteiger partial charge in [-0.3, -0.25) is 0 Å². The highest BCUT2D eigenvalue weighted by Gasteiger charge is 2.13. The molecule has 1 aromatic heterocycles. The predicted molar refractivity (Wildman–Crippen MR) is 83.3 cm³/mol. The average molecular weight is 329 g/mol. The van der Waals surface area contributed by atoms with E-state index in [9.17, 15) is 0 Å². The number of ether oxygens (including phenoxy) is 1. The fourth-order valence-corrected chi connectivity index (χ4v) is 2.61. The first kappa shape index (κ1) is 12.9. The molecule has 0 aliphatic heterocycles. The molecule has 0 radical (unpaired) electrons.